The van der Waals surface area contributed by atoms with Crippen molar-refractivity contribution >= 4 is 0 Å². The summed E-state index contributed by atoms with van der Waals surface area (Å²) in [6, 6.07) is 94.9. The summed E-state index contributed by atoms with van der Waals surface area (Å²) >= 11 is 0. The van der Waals surface area contributed by atoms with Gasteiger partial charge in [-0.2, -0.15) is 0 Å². The third-order valence-corrected chi connectivity index (χ3v) is 12.3. The maximum absolute atomic E-state index is 5.08. The van der Waals surface area contributed by atoms with Crippen LogP contribution in [0, 0.1) is 0 Å². The molecule has 0 saturated heterocycles. The highest BCUT2D eigenvalue weighted by molar-refractivity contribution is 5.83. The van der Waals surface area contributed by atoms with Crippen molar-refractivity contribution in [3.8, 4) is 112 Å². The third-order valence-electron chi connectivity index (χ3n) is 12.3. The summed E-state index contributed by atoms with van der Waals surface area (Å²) in [6.07, 6.45) is 0. The van der Waals surface area contributed by atoms with Crippen molar-refractivity contribution < 1.29 is 0 Å². The summed E-state index contributed by atoms with van der Waals surface area (Å²) in [4.78, 5) is 10.2. The van der Waals surface area contributed by atoms with Crippen LogP contribution in [0.25, 0.3) is 112 Å². The standard InChI is InChI=1S/C64H44N2/c1-5-16-49(17-6-1)61-41-59(42-62(65-61)50-18-7-2-8-19-50)47-34-30-45(31-35-47)53-24-13-26-55(38-53)57-28-15-29-58(40-57)56-27-14-25-54(39-56)46-32-36-48(37-33-46)60-43-63(51-20-9-3-10-21-51)66-64(44-60)52-22-11-4-12-23-52/h1-44H. The molecule has 2 heteroatoms. The van der Waals surface area contributed by atoms with Crippen molar-refractivity contribution in [2.24, 2.45) is 0 Å². The molecule has 11 rings (SSSR count). The Morgan fingerprint density at radius 2 is 0.333 bits per heavy atom. The topological polar surface area (TPSA) is 25.8 Å². The Morgan fingerprint density at radius 3 is 0.576 bits per heavy atom. The first-order chi connectivity index (χ1) is 32.7. The molecule has 9 aromatic carbocycles. The SMILES string of the molecule is c1ccc(-c2cc(-c3ccc(-c4cccc(-c5cccc(-c6cccc(-c7ccc(-c8cc(-c9ccccc9)nc(-c9ccccc9)c8)cc7)c6)c5)c4)cc3)cc(-c3ccccc3)n2)cc1. The predicted octanol–water partition coefficient (Wildman–Crippen LogP) is 17.1. The van der Waals surface area contributed by atoms with Crippen LogP contribution in [0.5, 0.6) is 0 Å². The van der Waals surface area contributed by atoms with E-state index in [0.29, 0.717) is 0 Å². The minimum atomic E-state index is 0.962. The molecule has 0 N–H and O–H groups in total. The molecule has 0 bridgehead atoms. The number of hydrogen-bond donors (Lipinski definition) is 0. The highest BCUT2D eigenvalue weighted by Crippen LogP contribution is 2.36. The highest BCUT2D eigenvalue weighted by Gasteiger charge is 2.13. The molecule has 0 atom stereocenters. The predicted molar refractivity (Wildman–Crippen MR) is 276 cm³/mol. The summed E-state index contributed by atoms with van der Waals surface area (Å²) < 4.78 is 0. The lowest BCUT2D eigenvalue weighted by Crippen LogP contribution is -1.91. The molecule has 66 heavy (non-hydrogen) atoms. The van der Waals surface area contributed by atoms with Gasteiger partial charge in [0.05, 0.1) is 22.8 Å². The van der Waals surface area contributed by atoms with Crippen LogP contribution in [-0.4, -0.2) is 9.97 Å². The van der Waals surface area contributed by atoms with E-state index in [2.05, 4.69) is 243 Å². The van der Waals surface area contributed by atoms with E-state index in [1.54, 1.807) is 0 Å². The molecule has 310 valence electrons. The molecule has 0 unspecified atom stereocenters. The molecule has 2 heterocycles. The third kappa shape index (κ3) is 8.64. The fourth-order valence-electron chi connectivity index (χ4n) is 8.77. The smallest absolute Gasteiger partial charge is 0.0715 e. The zero-order chi connectivity index (χ0) is 44.1. The fourth-order valence-corrected chi connectivity index (χ4v) is 8.77. The zero-order valence-electron chi connectivity index (χ0n) is 36.3. The first-order valence-electron chi connectivity index (χ1n) is 22.5. The lowest BCUT2D eigenvalue weighted by Gasteiger charge is -2.12. The zero-order valence-corrected chi connectivity index (χ0v) is 36.3. The summed E-state index contributed by atoms with van der Waals surface area (Å²) in [7, 11) is 0. The molecule has 2 aromatic heterocycles. The van der Waals surface area contributed by atoms with Crippen LogP contribution < -0.4 is 0 Å². The van der Waals surface area contributed by atoms with E-state index in [1.165, 1.54) is 44.5 Å². The molecule has 0 saturated carbocycles. The first-order valence-corrected chi connectivity index (χ1v) is 22.5. The van der Waals surface area contributed by atoms with Gasteiger partial charge in [-0.15, -0.1) is 0 Å². The molecule has 0 aliphatic rings. The molecule has 0 aliphatic heterocycles. The summed E-state index contributed by atoms with van der Waals surface area (Å²) in [5.74, 6) is 0. The average molecular weight is 841 g/mol. The normalized spacial score (nSPS) is 11.0. The van der Waals surface area contributed by atoms with Crippen molar-refractivity contribution in [3.63, 3.8) is 0 Å². The van der Waals surface area contributed by atoms with Gasteiger partial charge in [0.2, 0.25) is 0 Å². The van der Waals surface area contributed by atoms with Gasteiger partial charge in [0.1, 0.15) is 0 Å². The second-order valence-corrected chi connectivity index (χ2v) is 16.6. The summed E-state index contributed by atoms with van der Waals surface area (Å²) in [5.41, 5.74) is 22.3. The van der Waals surface area contributed by atoms with Crippen LogP contribution in [0.3, 0.4) is 0 Å². The van der Waals surface area contributed by atoms with E-state index in [1.807, 2.05) is 24.3 Å². The van der Waals surface area contributed by atoms with Gasteiger partial charge in [-0.05, 0) is 109 Å². The minimum Gasteiger partial charge on any atom is -0.248 e. The maximum atomic E-state index is 5.08. The number of nitrogens with zero attached hydrogens (tertiary/aromatic N) is 2. The average Bonchev–Trinajstić information content (AvgIpc) is 3.42. The minimum absolute atomic E-state index is 0.962. The van der Waals surface area contributed by atoms with Crippen molar-refractivity contribution in [2.75, 3.05) is 0 Å². The van der Waals surface area contributed by atoms with E-state index in [-0.39, 0.29) is 0 Å². The number of pyridine rings is 2. The van der Waals surface area contributed by atoms with Crippen LogP contribution in [-0.2, 0) is 0 Å². The van der Waals surface area contributed by atoms with E-state index < -0.39 is 0 Å². The van der Waals surface area contributed by atoms with Crippen LogP contribution in [0.15, 0.2) is 267 Å². The van der Waals surface area contributed by atoms with Crippen molar-refractivity contribution in [3.05, 3.63) is 267 Å². The first kappa shape index (κ1) is 40.1. The van der Waals surface area contributed by atoms with Gasteiger partial charge in [-0.1, -0.05) is 224 Å². The molecule has 0 aliphatic carbocycles. The van der Waals surface area contributed by atoms with Gasteiger partial charge >= 0.3 is 0 Å². The Morgan fingerprint density at radius 1 is 0.136 bits per heavy atom. The molecule has 0 amide bonds. The van der Waals surface area contributed by atoms with E-state index in [9.17, 15) is 0 Å². The Balaban J connectivity index is 0.845. The van der Waals surface area contributed by atoms with Crippen molar-refractivity contribution in [1.82, 2.24) is 9.97 Å². The second-order valence-electron chi connectivity index (χ2n) is 16.6. The Bertz CT molecular complexity index is 3070. The molecule has 2 nitrogen and oxygen atoms in total. The Hall–Kier alpha value is -8.72. The highest BCUT2D eigenvalue weighted by atomic mass is 14.7. The van der Waals surface area contributed by atoms with E-state index in [4.69, 9.17) is 9.97 Å². The van der Waals surface area contributed by atoms with Crippen LogP contribution >= 0.6 is 0 Å². The molecule has 11 aromatic rings. The number of benzene rings is 9. The maximum Gasteiger partial charge on any atom is 0.0715 e. The fraction of sp³-hybridized carbons (Fsp3) is 0. The molecule has 0 fully saturated rings. The van der Waals surface area contributed by atoms with Crippen molar-refractivity contribution in [2.45, 2.75) is 0 Å². The van der Waals surface area contributed by atoms with Gasteiger partial charge in [-0.3, -0.25) is 0 Å². The molecular formula is C64H44N2. The van der Waals surface area contributed by atoms with Crippen LogP contribution in [0.1, 0.15) is 0 Å². The van der Waals surface area contributed by atoms with Gasteiger partial charge in [0, 0.05) is 22.3 Å². The lowest BCUT2D eigenvalue weighted by molar-refractivity contribution is 1.32. The van der Waals surface area contributed by atoms with Crippen molar-refractivity contribution in [1.29, 1.82) is 0 Å². The number of aromatic nitrogens is 2. The largest absolute Gasteiger partial charge is 0.248 e. The van der Waals surface area contributed by atoms with Gasteiger partial charge in [0.15, 0.2) is 0 Å². The monoisotopic (exact) mass is 840 g/mol. The van der Waals surface area contributed by atoms with E-state index in [0.717, 1.165) is 67.3 Å². The summed E-state index contributed by atoms with van der Waals surface area (Å²) in [6.45, 7) is 0. The Kier molecular flexibility index (Phi) is 11.0. The summed E-state index contributed by atoms with van der Waals surface area (Å²) in [5, 5.41) is 0. The van der Waals surface area contributed by atoms with E-state index >= 15 is 0 Å². The van der Waals surface area contributed by atoms with Gasteiger partial charge < -0.3 is 0 Å². The number of hydrogen-bond acceptors (Lipinski definition) is 2. The second kappa shape index (κ2) is 18.2. The Labute approximate surface area is 386 Å². The van der Waals surface area contributed by atoms with Gasteiger partial charge in [0.25, 0.3) is 0 Å². The molecular weight excluding hydrogens is 797 g/mol. The lowest BCUT2D eigenvalue weighted by atomic mass is 9.93. The quantitative estimate of drug-likeness (QED) is 0.137. The number of rotatable bonds is 10. The molecule has 0 radical (unpaired) electrons. The van der Waals surface area contributed by atoms with Crippen LogP contribution in [0.4, 0.5) is 0 Å². The van der Waals surface area contributed by atoms with Gasteiger partial charge in [-0.25, -0.2) is 9.97 Å². The molecule has 0 spiro atoms. The van der Waals surface area contributed by atoms with Crippen LogP contribution in [0.2, 0.25) is 0 Å².